The van der Waals surface area contributed by atoms with Gasteiger partial charge in [0, 0.05) is 12.1 Å². The van der Waals surface area contributed by atoms with E-state index in [1.165, 1.54) is 0 Å². The summed E-state index contributed by atoms with van der Waals surface area (Å²) in [5.41, 5.74) is -0.653. The first-order valence-electron chi connectivity index (χ1n) is 12.0. The molecule has 0 radical (unpaired) electrons. The van der Waals surface area contributed by atoms with Crippen LogP contribution in [0.15, 0.2) is 30.3 Å². The third-order valence-electron chi connectivity index (χ3n) is 5.01. The maximum atomic E-state index is 14.0. The Morgan fingerprint density at radius 1 is 1.06 bits per heavy atom. The van der Waals surface area contributed by atoms with E-state index in [9.17, 15) is 14.4 Å². The minimum Gasteiger partial charge on any atom is -0.444 e. The zero-order valence-corrected chi connectivity index (χ0v) is 22.9. The minimum absolute atomic E-state index is 0.233. The summed E-state index contributed by atoms with van der Waals surface area (Å²) in [6.07, 6.45) is 3.53. The first-order chi connectivity index (χ1) is 15.8. The summed E-state index contributed by atoms with van der Waals surface area (Å²) in [4.78, 5) is 41.6. The maximum absolute atomic E-state index is 14.0. The molecule has 2 N–H and O–H groups in total. The number of alkyl carbamates (subject to hydrolysis) is 1. The van der Waals surface area contributed by atoms with E-state index < -0.39 is 29.3 Å². The van der Waals surface area contributed by atoms with Crippen molar-refractivity contribution in [3.63, 3.8) is 0 Å². The van der Waals surface area contributed by atoms with Crippen molar-refractivity contribution in [3.05, 3.63) is 35.9 Å². The first-order valence-corrected chi connectivity index (χ1v) is 13.4. The number of rotatable bonds is 11. The van der Waals surface area contributed by atoms with Crippen LogP contribution in [0.2, 0.25) is 0 Å². The second-order valence-corrected chi connectivity index (χ2v) is 11.3. The summed E-state index contributed by atoms with van der Waals surface area (Å²) in [6, 6.07) is 7.65. The highest BCUT2D eigenvalue weighted by Gasteiger charge is 2.41. The highest BCUT2D eigenvalue weighted by Crippen LogP contribution is 2.30. The predicted octanol–water partition coefficient (Wildman–Crippen LogP) is 4.92. The lowest BCUT2D eigenvalue weighted by Crippen LogP contribution is -2.58. The van der Waals surface area contributed by atoms with Crippen LogP contribution in [0.4, 0.5) is 4.79 Å². The fourth-order valence-corrected chi connectivity index (χ4v) is 3.97. The van der Waals surface area contributed by atoms with E-state index in [-0.39, 0.29) is 11.8 Å². The van der Waals surface area contributed by atoms with E-state index in [0.29, 0.717) is 18.7 Å². The Kier molecular flexibility index (Phi) is 11.9. The maximum Gasteiger partial charge on any atom is 0.408 e. The number of amides is 3. The molecule has 0 aliphatic heterocycles. The van der Waals surface area contributed by atoms with E-state index in [4.69, 9.17) is 4.74 Å². The number of carbonyl (C=O) groups is 3. The normalized spacial score (nSPS) is 13.5. The monoisotopic (exact) mass is 493 g/mol. The van der Waals surface area contributed by atoms with E-state index in [0.717, 1.165) is 18.4 Å². The quantitative estimate of drug-likeness (QED) is 0.427. The number of hydrogen-bond acceptors (Lipinski definition) is 5. The summed E-state index contributed by atoms with van der Waals surface area (Å²) >= 11 is 1.59. The van der Waals surface area contributed by atoms with Gasteiger partial charge in [0.2, 0.25) is 11.8 Å². The van der Waals surface area contributed by atoms with Gasteiger partial charge in [0.25, 0.3) is 0 Å². The van der Waals surface area contributed by atoms with Crippen molar-refractivity contribution in [1.29, 1.82) is 0 Å². The number of benzene rings is 1. The number of unbranched alkanes of at least 4 members (excludes halogenated alkanes) is 1. The van der Waals surface area contributed by atoms with Crippen LogP contribution in [-0.4, -0.2) is 58.5 Å². The summed E-state index contributed by atoms with van der Waals surface area (Å²) in [6.45, 7) is 13.6. The summed E-state index contributed by atoms with van der Waals surface area (Å²) in [7, 11) is 0. The zero-order valence-electron chi connectivity index (χ0n) is 22.1. The van der Waals surface area contributed by atoms with Crippen LogP contribution in [0.3, 0.4) is 0 Å². The Morgan fingerprint density at radius 3 is 2.18 bits per heavy atom. The lowest BCUT2D eigenvalue weighted by Gasteiger charge is -2.43. The molecule has 7 nitrogen and oxygen atoms in total. The van der Waals surface area contributed by atoms with E-state index in [1.807, 2.05) is 57.4 Å². The van der Waals surface area contributed by atoms with E-state index in [1.54, 1.807) is 37.4 Å². The molecule has 0 heterocycles. The average Bonchev–Trinajstić information content (AvgIpc) is 2.73. The second-order valence-electron chi connectivity index (χ2n) is 10.3. The summed E-state index contributed by atoms with van der Waals surface area (Å²) in [5.74, 6) is 0.124. The van der Waals surface area contributed by atoms with Crippen molar-refractivity contribution in [3.8, 4) is 0 Å². The Balaban J connectivity index is 3.40. The van der Waals surface area contributed by atoms with E-state index >= 15 is 0 Å². The fraction of sp³-hybridized carbons (Fsp3) is 0.654. The van der Waals surface area contributed by atoms with Crippen molar-refractivity contribution >= 4 is 29.7 Å². The predicted molar refractivity (Wildman–Crippen MR) is 140 cm³/mol. The van der Waals surface area contributed by atoms with Gasteiger partial charge in [0.05, 0.1) is 0 Å². The Bertz CT molecular complexity index is 787. The van der Waals surface area contributed by atoms with Gasteiger partial charge in [-0.3, -0.25) is 9.59 Å². The highest BCUT2D eigenvalue weighted by molar-refractivity contribution is 7.98. The molecule has 1 rings (SSSR count). The molecule has 0 saturated carbocycles. The molecule has 8 heteroatoms. The van der Waals surface area contributed by atoms with Crippen LogP contribution in [-0.2, 0) is 14.3 Å². The third kappa shape index (κ3) is 9.95. The Hall–Kier alpha value is -2.22. The van der Waals surface area contributed by atoms with E-state index in [2.05, 4.69) is 17.6 Å². The second kappa shape index (κ2) is 13.6. The molecule has 2 unspecified atom stereocenters. The van der Waals surface area contributed by atoms with Gasteiger partial charge in [0.1, 0.15) is 17.7 Å². The molecule has 0 saturated heterocycles. The van der Waals surface area contributed by atoms with Gasteiger partial charge < -0.3 is 20.3 Å². The van der Waals surface area contributed by atoms with Crippen LogP contribution >= 0.6 is 11.8 Å². The molecular formula is C26H43N3O4S. The van der Waals surface area contributed by atoms with Crippen molar-refractivity contribution in [2.75, 3.05) is 18.6 Å². The van der Waals surface area contributed by atoms with Crippen molar-refractivity contribution in [2.24, 2.45) is 0 Å². The standard InChI is InChI=1S/C26H43N3O4S/c1-9-10-17-27-22(30)21(19-14-12-11-13-15-19)29(25(2,3)4)23(31)20(16-18-34-8)28-24(32)33-26(5,6)7/h11-15,20-21H,9-10,16-18H2,1-8H3,(H,27,30)(H,28,32). The molecule has 34 heavy (non-hydrogen) atoms. The topological polar surface area (TPSA) is 87.7 Å². The molecule has 1 aromatic rings. The molecule has 0 aliphatic carbocycles. The number of ether oxygens (including phenoxy) is 1. The van der Waals surface area contributed by atoms with Crippen LogP contribution in [0.1, 0.15) is 79.3 Å². The van der Waals surface area contributed by atoms with Gasteiger partial charge in [-0.15, -0.1) is 0 Å². The minimum atomic E-state index is -0.831. The molecular weight excluding hydrogens is 450 g/mol. The highest BCUT2D eigenvalue weighted by atomic mass is 32.2. The molecule has 2 atom stereocenters. The van der Waals surface area contributed by atoms with Crippen LogP contribution in [0.25, 0.3) is 0 Å². The molecule has 0 bridgehead atoms. The van der Waals surface area contributed by atoms with Gasteiger partial charge in [-0.25, -0.2) is 4.79 Å². The molecule has 0 aliphatic rings. The molecule has 1 aromatic carbocycles. The molecule has 3 amide bonds. The Morgan fingerprint density at radius 2 is 1.68 bits per heavy atom. The van der Waals surface area contributed by atoms with Crippen LogP contribution < -0.4 is 10.6 Å². The molecule has 0 fully saturated rings. The zero-order chi connectivity index (χ0) is 25.9. The lowest BCUT2D eigenvalue weighted by atomic mass is 9.95. The SMILES string of the molecule is CCCCNC(=O)C(c1ccccc1)N(C(=O)C(CCSC)NC(=O)OC(C)(C)C)C(C)(C)C. The Labute approximate surface area is 209 Å². The molecule has 192 valence electrons. The smallest absolute Gasteiger partial charge is 0.408 e. The fourth-order valence-electron chi connectivity index (χ4n) is 3.49. The van der Waals surface area contributed by atoms with Gasteiger partial charge >= 0.3 is 6.09 Å². The lowest BCUT2D eigenvalue weighted by molar-refractivity contribution is -0.148. The van der Waals surface area contributed by atoms with Crippen molar-refractivity contribution < 1.29 is 19.1 Å². The number of nitrogens with zero attached hydrogens (tertiary/aromatic N) is 1. The number of carbonyl (C=O) groups excluding carboxylic acids is 3. The van der Waals surface area contributed by atoms with Gasteiger partial charge in [-0.05, 0) is 72.0 Å². The van der Waals surface area contributed by atoms with Crippen molar-refractivity contribution in [1.82, 2.24) is 15.5 Å². The molecule has 0 spiro atoms. The van der Waals surface area contributed by atoms with Gasteiger partial charge in [0.15, 0.2) is 0 Å². The summed E-state index contributed by atoms with van der Waals surface area (Å²) < 4.78 is 5.41. The number of nitrogens with one attached hydrogen (secondary N) is 2. The van der Waals surface area contributed by atoms with Crippen LogP contribution in [0, 0.1) is 0 Å². The number of thioether (sulfide) groups is 1. The first kappa shape index (κ1) is 29.8. The average molecular weight is 494 g/mol. The van der Waals surface area contributed by atoms with Gasteiger partial charge in [-0.1, -0.05) is 43.7 Å². The van der Waals surface area contributed by atoms with Crippen LogP contribution in [0.5, 0.6) is 0 Å². The van der Waals surface area contributed by atoms with Crippen molar-refractivity contribution in [2.45, 2.75) is 91.0 Å². The summed E-state index contributed by atoms with van der Waals surface area (Å²) in [5, 5.41) is 5.76. The number of hydrogen-bond donors (Lipinski definition) is 2. The van der Waals surface area contributed by atoms with Gasteiger partial charge in [-0.2, -0.15) is 11.8 Å². The molecule has 0 aromatic heterocycles. The third-order valence-corrected chi connectivity index (χ3v) is 5.66. The largest absolute Gasteiger partial charge is 0.444 e.